The van der Waals surface area contributed by atoms with E-state index < -0.39 is 11.9 Å². The second-order valence-electron chi connectivity index (χ2n) is 4.24. The van der Waals surface area contributed by atoms with Crippen molar-refractivity contribution in [2.45, 2.75) is 19.5 Å². The van der Waals surface area contributed by atoms with Gasteiger partial charge in [0.05, 0.1) is 5.69 Å². The molecule has 0 aliphatic heterocycles. The number of nitrogens with one attached hydrogen (secondary N) is 1. The molecule has 2 heterocycles. The Labute approximate surface area is 126 Å². The number of rotatable bonds is 4. The quantitative estimate of drug-likeness (QED) is 0.903. The summed E-state index contributed by atoms with van der Waals surface area (Å²) in [5.41, 5.74) is -0.572. The molecule has 1 N–H and O–H groups in total. The number of alkyl halides is 3. The van der Waals surface area contributed by atoms with Crippen LogP contribution in [0.15, 0.2) is 10.7 Å². The molecule has 0 radical (unpaired) electrons. The molecule has 0 spiro atoms. The van der Waals surface area contributed by atoms with Gasteiger partial charge in [-0.2, -0.15) is 13.2 Å². The smallest absolute Gasteiger partial charge is 0.354 e. The Kier molecular flexibility index (Phi) is 4.45. The third kappa shape index (κ3) is 3.49. The molecule has 0 unspecified atom stereocenters. The molecule has 0 amide bonds. The van der Waals surface area contributed by atoms with E-state index in [9.17, 15) is 13.2 Å². The van der Waals surface area contributed by atoms with Gasteiger partial charge in [0, 0.05) is 13.6 Å². The van der Waals surface area contributed by atoms with Gasteiger partial charge >= 0.3 is 6.18 Å². The van der Waals surface area contributed by atoms with Crippen molar-refractivity contribution in [2.24, 2.45) is 7.05 Å². The van der Waals surface area contributed by atoms with Crippen molar-refractivity contribution in [3.05, 3.63) is 16.4 Å². The number of anilines is 1. The van der Waals surface area contributed by atoms with E-state index in [4.69, 9.17) is 0 Å². The summed E-state index contributed by atoms with van der Waals surface area (Å²) in [4.78, 5) is 7.59. The van der Waals surface area contributed by atoms with Crippen molar-refractivity contribution >= 4 is 21.9 Å². The fourth-order valence-electron chi connectivity index (χ4n) is 1.63. The van der Waals surface area contributed by atoms with Crippen LogP contribution in [0.25, 0.3) is 11.4 Å². The molecule has 21 heavy (non-hydrogen) atoms. The summed E-state index contributed by atoms with van der Waals surface area (Å²) in [6, 6.07) is 0.876. The second-order valence-corrected chi connectivity index (χ2v) is 4.99. The van der Waals surface area contributed by atoms with Crippen molar-refractivity contribution in [3.63, 3.8) is 0 Å². The first-order valence-corrected chi connectivity index (χ1v) is 6.88. The molecule has 0 atom stereocenters. The van der Waals surface area contributed by atoms with Gasteiger partial charge in [0.15, 0.2) is 10.3 Å². The number of halogens is 4. The van der Waals surface area contributed by atoms with Crippen LogP contribution in [0, 0.1) is 0 Å². The molecule has 6 nitrogen and oxygen atoms in total. The topological polar surface area (TPSA) is 68.5 Å². The van der Waals surface area contributed by atoms with Crippen molar-refractivity contribution in [2.75, 3.05) is 11.9 Å². The maximum atomic E-state index is 12.9. The highest BCUT2D eigenvalue weighted by atomic mass is 79.9. The van der Waals surface area contributed by atoms with E-state index in [0.29, 0.717) is 16.8 Å². The average Bonchev–Trinajstić information content (AvgIpc) is 2.74. The predicted octanol–water partition coefficient (Wildman–Crippen LogP) is 2.88. The first-order chi connectivity index (χ1) is 9.82. The number of aryl methyl sites for hydroxylation is 1. The summed E-state index contributed by atoms with van der Waals surface area (Å²) >= 11 is 3.15. The first-order valence-electron chi connectivity index (χ1n) is 6.08. The van der Waals surface area contributed by atoms with Gasteiger partial charge in [-0.3, -0.25) is 0 Å². The molecule has 0 aliphatic carbocycles. The van der Waals surface area contributed by atoms with Crippen LogP contribution in [0.1, 0.15) is 19.0 Å². The molecule has 0 bridgehead atoms. The standard InChI is InChI=1S/C11H12BrF3N6/c1-3-4-16-10-17-6(5-7(18-10)11(13,14)15)8-9(12)19-20-21(8)2/h5H,3-4H2,1-2H3,(H,16,17,18). The Hall–Kier alpha value is -1.71. The van der Waals surface area contributed by atoms with E-state index in [1.807, 2.05) is 6.92 Å². The van der Waals surface area contributed by atoms with Crippen LogP contribution in [-0.2, 0) is 13.2 Å². The monoisotopic (exact) mass is 364 g/mol. The minimum absolute atomic E-state index is 0.0743. The Balaban J connectivity index is 2.55. The number of nitrogens with zero attached hydrogens (tertiary/aromatic N) is 5. The van der Waals surface area contributed by atoms with E-state index in [0.717, 1.165) is 12.5 Å². The minimum atomic E-state index is -4.56. The van der Waals surface area contributed by atoms with Crippen LogP contribution < -0.4 is 5.32 Å². The van der Waals surface area contributed by atoms with Crippen molar-refractivity contribution in [1.29, 1.82) is 0 Å². The number of hydrogen-bond donors (Lipinski definition) is 1. The second kappa shape index (κ2) is 5.96. The highest BCUT2D eigenvalue weighted by molar-refractivity contribution is 9.10. The van der Waals surface area contributed by atoms with Gasteiger partial charge in [-0.1, -0.05) is 12.1 Å². The zero-order valence-electron chi connectivity index (χ0n) is 11.2. The normalized spacial score (nSPS) is 11.7. The summed E-state index contributed by atoms with van der Waals surface area (Å²) in [5.74, 6) is -0.0743. The molecule has 0 saturated carbocycles. The Morgan fingerprint density at radius 3 is 2.57 bits per heavy atom. The van der Waals surface area contributed by atoms with Gasteiger partial charge in [-0.25, -0.2) is 14.6 Å². The van der Waals surface area contributed by atoms with Crippen LogP contribution in [0.5, 0.6) is 0 Å². The lowest BCUT2D eigenvalue weighted by Gasteiger charge is -2.11. The maximum absolute atomic E-state index is 12.9. The van der Waals surface area contributed by atoms with Crippen molar-refractivity contribution in [1.82, 2.24) is 25.0 Å². The zero-order valence-corrected chi connectivity index (χ0v) is 12.8. The van der Waals surface area contributed by atoms with E-state index in [2.05, 4.69) is 41.5 Å². The van der Waals surface area contributed by atoms with E-state index in [-0.39, 0.29) is 11.6 Å². The highest BCUT2D eigenvalue weighted by Crippen LogP contribution is 2.32. The summed E-state index contributed by atoms with van der Waals surface area (Å²) in [6.07, 6.45) is -3.81. The van der Waals surface area contributed by atoms with Crippen molar-refractivity contribution in [3.8, 4) is 11.4 Å². The molecule has 0 aliphatic rings. The average molecular weight is 365 g/mol. The molecule has 2 rings (SSSR count). The van der Waals surface area contributed by atoms with Crippen LogP contribution in [0.3, 0.4) is 0 Å². The lowest BCUT2D eigenvalue weighted by molar-refractivity contribution is -0.141. The third-order valence-corrected chi connectivity index (χ3v) is 3.11. The van der Waals surface area contributed by atoms with Gasteiger partial charge in [-0.05, 0) is 28.4 Å². The Morgan fingerprint density at radius 1 is 1.33 bits per heavy atom. The minimum Gasteiger partial charge on any atom is -0.354 e. The molecule has 0 saturated heterocycles. The summed E-state index contributed by atoms with van der Waals surface area (Å²) in [5, 5.41) is 10.2. The lowest BCUT2D eigenvalue weighted by Crippen LogP contribution is -2.13. The maximum Gasteiger partial charge on any atom is 0.433 e. The van der Waals surface area contributed by atoms with Crippen LogP contribution in [0.2, 0.25) is 0 Å². The number of aromatic nitrogens is 5. The third-order valence-electron chi connectivity index (χ3n) is 2.58. The van der Waals surface area contributed by atoms with Gasteiger partial charge in [-0.15, -0.1) is 5.10 Å². The van der Waals surface area contributed by atoms with Crippen LogP contribution in [-0.4, -0.2) is 31.5 Å². The van der Waals surface area contributed by atoms with E-state index in [1.165, 1.54) is 4.68 Å². The molecular formula is C11H12BrF3N6. The fourth-order valence-corrected chi connectivity index (χ4v) is 2.16. The first kappa shape index (κ1) is 15.7. The Morgan fingerprint density at radius 2 is 2.05 bits per heavy atom. The molecular weight excluding hydrogens is 353 g/mol. The molecule has 114 valence electrons. The van der Waals surface area contributed by atoms with Gasteiger partial charge in [0.25, 0.3) is 0 Å². The summed E-state index contributed by atoms with van der Waals surface area (Å²) in [6.45, 7) is 2.37. The molecule has 10 heteroatoms. The molecule has 2 aromatic rings. The van der Waals surface area contributed by atoms with E-state index in [1.54, 1.807) is 7.05 Å². The molecule has 2 aromatic heterocycles. The van der Waals surface area contributed by atoms with E-state index >= 15 is 0 Å². The van der Waals surface area contributed by atoms with Crippen molar-refractivity contribution < 1.29 is 13.2 Å². The highest BCUT2D eigenvalue weighted by Gasteiger charge is 2.34. The zero-order chi connectivity index (χ0) is 15.6. The largest absolute Gasteiger partial charge is 0.433 e. The van der Waals surface area contributed by atoms with Gasteiger partial charge in [0.2, 0.25) is 5.95 Å². The predicted molar refractivity (Wildman–Crippen MR) is 73.5 cm³/mol. The summed E-state index contributed by atoms with van der Waals surface area (Å²) in [7, 11) is 1.57. The molecule has 0 aromatic carbocycles. The van der Waals surface area contributed by atoms with Crippen LogP contribution >= 0.6 is 15.9 Å². The fraction of sp³-hybridized carbons (Fsp3) is 0.455. The van der Waals surface area contributed by atoms with Gasteiger partial charge < -0.3 is 5.32 Å². The molecule has 0 fully saturated rings. The lowest BCUT2D eigenvalue weighted by atomic mass is 10.2. The SMILES string of the molecule is CCCNc1nc(-c2c(Br)nnn2C)cc(C(F)(F)F)n1. The van der Waals surface area contributed by atoms with Gasteiger partial charge in [0.1, 0.15) is 5.69 Å². The Bertz CT molecular complexity index is 620. The summed E-state index contributed by atoms with van der Waals surface area (Å²) < 4.78 is 40.5. The number of hydrogen-bond acceptors (Lipinski definition) is 5. The van der Waals surface area contributed by atoms with Crippen LogP contribution in [0.4, 0.5) is 19.1 Å².